The number of likely N-dealkylation sites (tertiary alicyclic amines) is 1. The largest absolute Gasteiger partial charge is 0.480 e. The molecule has 108 valence electrons. The van der Waals surface area contributed by atoms with Crippen molar-refractivity contribution in [2.75, 3.05) is 18.5 Å². The average molecular weight is 280 g/mol. The van der Waals surface area contributed by atoms with Gasteiger partial charge in [-0.2, -0.15) is 0 Å². The first kappa shape index (κ1) is 14.3. The van der Waals surface area contributed by atoms with E-state index in [4.69, 9.17) is 0 Å². The Kier molecular flexibility index (Phi) is 3.92. The first-order valence-corrected chi connectivity index (χ1v) is 6.44. The van der Waals surface area contributed by atoms with Crippen LogP contribution in [-0.2, 0) is 4.79 Å². The van der Waals surface area contributed by atoms with E-state index < -0.39 is 23.9 Å². The molecule has 1 saturated heterocycles. The molecule has 0 radical (unpaired) electrons. The van der Waals surface area contributed by atoms with Gasteiger partial charge in [-0.15, -0.1) is 0 Å². The molecule has 0 aromatic heterocycles. The molecular weight excluding hydrogens is 263 g/mol. The molecule has 2 rings (SSSR count). The van der Waals surface area contributed by atoms with Crippen LogP contribution in [0, 0.1) is 11.7 Å². The monoisotopic (exact) mass is 280 g/mol. The smallest absolute Gasteiger partial charge is 0.326 e. The van der Waals surface area contributed by atoms with Gasteiger partial charge in [-0.3, -0.25) is 4.90 Å². The van der Waals surface area contributed by atoms with Crippen LogP contribution in [0.1, 0.15) is 13.3 Å². The fraction of sp³-hybridized carbons (Fsp3) is 0.429. The summed E-state index contributed by atoms with van der Waals surface area (Å²) < 4.78 is 13.2. The van der Waals surface area contributed by atoms with E-state index in [9.17, 15) is 19.1 Å². The molecule has 20 heavy (non-hydrogen) atoms. The van der Waals surface area contributed by atoms with Crippen molar-refractivity contribution < 1.29 is 19.1 Å². The van der Waals surface area contributed by atoms with Crippen molar-refractivity contribution in [2.24, 2.45) is 5.92 Å². The number of urea groups is 1. The molecule has 0 spiro atoms. The lowest BCUT2D eigenvalue weighted by Gasteiger charge is -2.28. The van der Waals surface area contributed by atoms with E-state index in [0.29, 0.717) is 18.7 Å². The second kappa shape index (κ2) is 5.48. The number of carboxylic acids is 1. The molecule has 1 aromatic rings. The van der Waals surface area contributed by atoms with Gasteiger partial charge in [-0.25, -0.2) is 14.0 Å². The fourth-order valence-electron chi connectivity index (χ4n) is 2.53. The standard InChI is InChI=1S/C14H17FN2O3/c1-9-6-7-17(12(9)13(18)19)14(20)16(2)11-5-3-4-10(15)8-11/h3-5,8-9,12H,6-7H2,1-2H3,(H,18,19). The first-order valence-electron chi connectivity index (χ1n) is 6.44. The van der Waals surface area contributed by atoms with E-state index in [1.54, 1.807) is 6.07 Å². The van der Waals surface area contributed by atoms with Gasteiger partial charge in [0.2, 0.25) is 0 Å². The number of hydrogen-bond acceptors (Lipinski definition) is 2. The summed E-state index contributed by atoms with van der Waals surface area (Å²) in [6, 6.07) is 4.41. The predicted octanol–water partition coefficient (Wildman–Crippen LogP) is 2.18. The second-order valence-electron chi connectivity index (χ2n) is 5.06. The van der Waals surface area contributed by atoms with Crippen LogP contribution in [0.3, 0.4) is 0 Å². The maximum atomic E-state index is 13.2. The quantitative estimate of drug-likeness (QED) is 0.903. The summed E-state index contributed by atoms with van der Waals surface area (Å²) in [4.78, 5) is 26.3. The second-order valence-corrected chi connectivity index (χ2v) is 5.06. The highest BCUT2D eigenvalue weighted by molar-refractivity contribution is 5.94. The first-order chi connectivity index (χ1) is 9.41. The maximum Gasteiger partial charge on any atom is 0.326 e. The molecule has 1 aliphatic rings. The van der Waals surface area contributed by atoms with Crippen molar-refractivity contribution in [3.8, 4) is 0 Å². The average Bonchev–Trinajstić information content (AvgIpc) is 2.79. The number of hydrogen-bond donors (Lipinski definition) is 1. The normalized spacial score (nSPS) is 21.9. The molecule has 6 heteroatoms. The van der Waals surface area contributed by atoms with Crippen LogP contribution < -0.4 is 4.90 Å². The summed E-state index contributed by atoms with van der Waals surface area (Å²) >= 11 is 0. The van der Waals surface area contributed by atoms with Gasteiger partial charge in [-0.1, -0.05) is 13.0 Å². The minimum Gasteiger partial charge on any atom is -0.480 e. The summed E-state index contributed by atoms with van der Waals surface area (Å²) in [6.07, 6.45) is 0.652. The Morgan fingerprint density at radius 1 is 1.45 bits per heavy atom. The van der Waals surface area contributed by atoms with Gasteiger partial charge in [0, 0.05) is 19.3 Å². The lowest BCUT2D eigenvalue weighted by atomic mass is 10.0. The predicted molar refractivity (Wildman–Crippen MR) is 72.1 cm³/mol. The summed E-state index contributed by atoms with van der Waals surface area (Å²) in [5.41, 5.74) is 0.402. The minimum absolute atomic E-state index is 0.0858. The molecule has 5 nitrogen and oxygen atoms in total. The Hall–Kier alpha value is -2.11. The van der Waals surface area contributed by atoms with Gasteiger partial charge >= 0.3 is 12.0 Å². The van der Waals surface area contributed by atoms with Crippen molar-refractivity contribution in [1.29, 1.82) is 0 Å². The molecule has 1 N–H and O–H groups in total. The third kappa shape index (κ3) is 2.59. The molecule has 1 fully saturated rings. The molecule has 0 aliphatic carbocycles. The number of amides is 2. The van der Waals surface area contributed by atoms with E-state index in [2.05, 4.69) is 0 Å². The molecule has 1 heterocycles. The number of carbonyl (C=O) groups excluding carboxylic acids is 1. The number of carboxylic acid groups (broad SMARTS) is 1. The highest BCUT2D eigenvalue weighted by Gasteiger charge is 2.40. The number of rotatable bonds is 2. The zero-order chi connectivity index (χ0) is 14.9. The van der Waals surface area contributed by atoms with Gasteiger partial charge < -0.3 is 10.0 Å². The Balaban J connectivity index is 2.20. The topological polar surface area (TPSA) is 60.9 Å². The third-order valence-electron chi connectivity index (χ3n) is 3.68. The zero-order valence-electron chi connectivity index (χ0n) is 11.4. The van der Waals surface area contributed by atoms with Crippen LogP contribution in [0.15, 0.2) is 24.3 Å². The molecule has 1 aliphatic heterocycles. The number of anilines is 1. The van der Waals surface area contributed by atoms with Crippen molar-refractivity contribution in [2.45, 2.75) is 19.4 Å². The van der Waals surface area contributed by atoms with Gasteiger partial charge in [0.15, 0.2) is 0 Å². The lowest BCUT2D eigenvalue weighted by Crippen LogP contribution is -2.48. The van der Waals surface area contributed by atoms with E-state index in [1.807, 2.05) is 6.92 Å². The highest BCUT2D eigenvalue weighted by atomic mass is 19.1. The number of nitrogens with zero attached hydrogens (tertiary/aromatic N) is 2. The van der Waals surface area contributed by atoms with E-state index in [0.717, 1.165) is 0 Å². The molecule has 1 aromatic carbocycles. The minimum atomic E-state index is -1.00. The molecule has 2 atom stereocenters. The van der Waals surface area contributed by atoms with Crippen molar-refractivity contribution in [3.05, 3.63) is 30.1 Å². The number of carbonyl (C=O) groups is 2. The summed E-state index contributed by atoms with van der Waals surface area (Å²) in [7, 11) is 1.51. The number of benzene rings is 1. The third-order valence-corrected chi connectivity index (χ3v) is 3.68. The Morgan fingerprint density at radius 2 is 2.15 bits per heavy atom. The molecule has 2 amide bonds. The molecule has 0 saturated carbocycles. The Morgan fingerprint density at radius 3 is 2.75 bits per heavy atom. The van der Waals surface area contributed by atoms with Crippen LogP contribution in [0.25, 0.3) is 0 Å². The summed E-state index contributed by atoms with van der Waals surface area (Å²) in [5, 5.41) is 9.23. The zero-order valence-corrected chi connectivity index (χ0v) is 11.4. The van der Waals surface area contributed by atoms with Gasteiger partial charge in [0.05, 0.1) is 0 Å². The maximum absolute atomic E-state index is 13.2. The Bertz CT molecular complexity index is 535. The summed E-state index contributed by atoms with van der Waals surface area (Å²) in [5.74, 6) is -1.53. The Labute approximate surface area is 116 Å². The van der Waals surface area contributed by atoms with Gasteiger partial charge in [0.1, 0.15) is 11.9 Å². The van der Waals surface area contributed by atoms with Crippen LogP contribution >= 0.6 is 0 Å². The van der Waals surface area contributed by atoms with E-state index >= 15 is 0 Å². The van der Waals surface area contributed by atoms with E-state index in [-0.39, 0.29) is 5.92 Å². The highest BCUT2D eigenvalue weighted by Crippen LogP contribution is 2.26. The summed E-state index contributed by atoms with van der Waals surface area (Å²) in [6.45, 7) is 2.21. The lowest BCUT2D eigenvalue weighted by molar-refractivity contribution is -0.142. The van der Waals surface area contributed by atoms with Crippen LogP contribution in [0.4, 0.5) is 14.9 Å². The SMILES string of the molecule is CC1CCN(C(=O)N(C)c2cccc(F)c2)C1C(=O)O. The fourth-order valence-corrected chi connectivity index (χ4v) is 2.53. The molecular formula is C14H17FN2O3. The van der Waals surface area contributed by atoms with E-state index in [1.165, 1.54) is 35.0 Å². The molecule has 0 bridgehead atoms. The van der Waals surface area contributed by atoms with Crippen molar-refractivity contribution in [1.82, 2.24) is 4.90 Å². The van der Waals surface area contributed by atoms with Crippen LogP contribution in [0.5, 0.6) is 0 Å². The van der Waals surface area contributed by atoms with Gasteiger partial charge in [0.25, 0.3) is 0 Å². The molecule has 2 unspecified atom stereocenters. The van der Waals surface area contributed by atoms with Crippen molar-refractivity contribution in [3.63, 3.8) is 0 Å². The van der Waals surface area contributed by atoms with Crippen LogP contribution in [-0.4, -0.2) is 41.6 Å². The number of aliphatic carboxylic acids is 1. The van der Waals surface area contributed by atoms with Crippen molar-refractivity contribution >= 4 is 17.7 Å². The van der Waals surface area contributed by atoms with Gasteiger partial charge in [-0.05, 0) is 30.5 Å². The van der Waals surface area contributed by atoms with Crippen LogP contribution in [0.2, 0.25) is 0 Å². The number of halogens is 1.